The van der Waals surface area contributed by atoms with E-state index in [9.17, 15) is 18.0 Å². The molecule has 0 aliphatic heterocycles. The minimum atomic E-state index is -4.15. The van der Waals surface area contributed by atoms with Gasteiger partial charge in [-0.3, -0.25) is 13.9 Å². The van der Waals surface area contributed by atoms with Gasteiger partial charge in [-0.25, -0.2) is 8.42 Å². The van der Waals surface area contributed by atoms with Crippen molar-refractivity contribution in [3.05, 3.63) is 92.9 Å². The van der Waals surface area contributed by atoms with Crippen molar-refractivity contribution in [2.75, 3.05) is 17.4 Å². The number of hydrogen-bond donors (Lipinski definition) is 1. The van der Waals surface area contributed by atoms with Gasteiger partial charge in [-0.1, -0.05) is 65.5 Å². The van der Waals surface area contributed by atoms with Crippen LogP contribution in [0.1, 0.15) is 31.4 Å². The summed E-state index contributed by atoms with van der Waals surface area (Å²) in [5.41, 5.74) is 1.78. The fourth-order valence-corrected chi connectivity index (χ4v) is 5.65. The first-order valence-corrected chi connectivity index (χ1v) is 14.9. The Balaban J connectivity index is 2.02. The molecule has 0 saturated carbocycles. The SMILES string of the molecule is CCCNC(=O)[C@@H](C)N(Cc1ccc(Cl)c(Cl)c1)C(=O)CN(c1ccc(Cl)cc1)S(=O)(=O)c1ccc(C)cc1. The first-order chi connectivity index (χ1) is 18.4. The second-order valence-electron chi connectivity index (χ2n) is 9.04. The summed E-state index contributed by atoms with van der Waals surface area (Å²) < 4.78 is 28.6. The summed E-state index contributed by atoms with van der Waals surface area (Å²) in [6.45, 7) is 5.27. The predicted molar refractivity (Wildman–Crippen MR) is 157 cm³/mol. The molecule has 0 heterocycles. The van der Waals surface area contributed by atoms with Crippen molar-refractivity contribution in [3.63, 3.8) is 0 Å². The maximum absolute atomic E-state index is 13.9. The number of sulfonamides is 1. The van der Waals surface area contributed by atoms with E-state index in [2.05, 4.69) is 5.32 Å². The number of nitrogens with zero attached hydrogens (tertiary/aromatic N) is 2. The molecular weight excluding hydrogens is 581 g/mol. The minimum Gasteiger partial charge on any atom is -0.354 e. The Morgan fingerprint density at radius 1 is 0.923 bits per heavy atom. The summed E-state index contributed by atoms with van der Waals surface area (Å²) in [7, 11) is -4.15. The van der Waals surface area contributed by atoms with Crippen molar-refractivity contribution in [2.24, 2.45) is 0 Å². The van der Waals surface area contributed by atoms with Crippen LogP contribution in [0.5, 0.6) is 0 Å². The van der Waals surface area contributed by atoms with E-state index in [0.717, 1.165) is 16.3 Å². The topological polar surface area (TPSA) is 86.8 Å². The zero-order valence-electron chi connectivity index (χ0n) is 21.8. The third-order valence-electron chi connectivity index (χ3n) is 6.06. The summed E-state index contributed by atoms with van der Waals surface area (Å²) in [5.74, 6) is -0.935. The zero-order valence-corrected chi connectivity index (χ0v) is 24.9. The molecule has 0 aliphatic rings. The molecule has 1 atom stereocenters. The lowest BCUT2D eigenvalue weighted by Gasteiger charge is -2.32. The maximum Gasteiger partial charge on any atom is 0.264 e. The third kappa shape index (κ3) is 7.88. The quantitative estimate of drug-likeness (QED) is 0.285. The smallest absolute Gasteiger partial charge is 0.264 e. The van der Waals surface area contributed by atoms with Crippen LogP contribution in [0, 0.1) is 6.92 Å². The number of halogens is 3. The first kappa shape index (κ1) is 30.8. The van der Waals surface area contributed by atoms with Crippen LogP contribution in [0.3, 0.4) is 0 Å². The fraction of sp³-hybridized carbons (Fsp3) is 0.286. The van der Waals surface area contributed by atoms with E-state index in [1.807, 2.05) is 13.8 Å². The van der Waals surface area contributed by atoms with Crippen LogP contribution in [-0.4, -0.2) is 44.3 Å². The number of anilines is 1. The molecule has 0 aliphatic carbocycles. The molecule has 0 fully saturated rings. The molecule has 0 saturated heterocycles. The van der Waals surface area contributed by atoms with Gasteiger partial charge in [-0.15, -0.1) is 0 Å². The summed E-state index contributed by atoms with van der Waals surface area (Å²) in [6.07, 6.45) is 0.721. The Labute approximate surface area is 244 Å². The van der Waals surface area contributed by atoms with E-state index >= 15 is 0 Å². The van der Waals surface area contributed by atoms with Crippen LogP contribution in [0.25, 0.3) is 0 Å². The molecule has 208 valence electrons. The van der Waals surface area contributed by atoms with E-state index < -0.39 is 28.5 Å². The number of amides is 2. The molecule has 0 unspecified atom stereocenters. The number of rotatable bonds is 11. The summed E-state index contributed by atoms with van der Waals surface area (Å²) >= 11 is 18.3. The van der Waals surface area contributed by atoms with E-state index in [4.69, 9.17) is 34.8 Å². The Hall–Kier alpha value is -2.78. The number of nitrogens with one attached hydrogen (secondary N) is 1. The summed E-state index contributed by atoms with van der Waals surface area (Å²) in [6, 6.07) is 16.5. The Morgan fingerprint density at radius 2 is 1.56 bits per heavy atom. The number of hydrogen-bond acceptors (Lipinski definition) is 4. The summed E-state index contributed by atoms with van der Waals surface area (Å²) in [4.78, 5) is 28.1. The molecule has 1 N–H and O–H groups in total. The van der Waals surface area contributed by atoms with Gasteiger partial charge in [0.1, 0.15) is 12.6 Å². The van der Waals surface area contributed by atoms with Gasteiger partial charge in [-0.2, -0.15) is 0 Å². The molecular formula is C28H30Cl3N3O4S. The van der Waals surface area contributed by atoms with E-state index in [-0.39, 0.29) is 23.0 Å². The van der Waals surface area contributed by atoms with Gasteiger partial charge in [0.2, 0.25) is 11.8 Å². The highest BCUT2D eigenvalue weighted by Crippen LogP contribution is 2.27. The molecule has 0 spiro atoms. The Bertz CT molecular complexity index is 1410. The van der Waals surface area contributed by atoms with Crippen molar-refractivity contribution in [3.8, 4) is 0 Å². The van der Waals surface area contributed by atoms with E-state index in [1.54, 1.807) is 49.4 Å². The number of aryl methyl sites for hydroxylation is 1. The van der Waals surface area contributed by atoms with Crippen molar-refractivity contribution >= 4 is 62.3 Å². The van der Waals surface area contributed by atoms with Gasteiger partial charge in [0.05, 0.1) is 20.6 Å². The van der Waals surface area contributed by atoms with Crippen LogP contribution in [0.4, 0.5) is 5.69 Å². The van der Waals surface area contributed by atoms with Crippen LogP contribution in [0.15, 0.2) is 71.6 Å². The van der Waals surface area contributed by atoms with Crippen LogP contribution in [-0.2, 0) is 26.2 Å². The van der Waals surface area contributed by atoms with Crippen molar-refractivity contribution in [2.45, 2.75) is 44.7 Å². The van der Waals surface area contributed by atoms with Crippen molar-refractivity contribution in [1.82, 2.24) is 10.2 Å². The largest absolute Gasteiger partial charge is 0.354 e. The molecule has 39 heavy (non-hydrogen) atoms. The Morgan fingerprint density at radius 3 is 2.15 bits per heavy atom. The highest BCUT2D eigenvalue weighted by atomic mass is 35.5. The molecule has 3 aromatic rings. The summed E-state index contributed by atoms with van der Waals surface area (Å²) in [5, 5.41) is 3.87. The second kappa shape index (κ2) is 13.5. The number of carbonyl (C=O) groups is 2. The first-order valence-electron chi connectivity index (χ1n) is 12.3. The van der Waals surface area contributed by atoms with Gasteiger partial charge in [-0.05, 0) is 74.4 Å². The second-order valence-corrected chi connectivity index (χ2v) is 12.2. The van der Waals surface area contributed by atoms with E-state index in [1.165, 1.54) is 29.2 Å². The highest BCUT2D eigenvalue weighted by molar-refractivity contribution is 7.92. The lowest BCUT2D eigenvalue weighted by molar-refractivity contribution is -0.139. The fourth-order valence-electron chi connectivity index (χ4n) is 3.79. The maximum atomic E-state index is 13.9. The van der Waals surface area contributed by atoms with Gasteiger partial charge in [0.15, 0.2) is 0 Å². The normalized spacial score (nSPS) is 12.1. The van der Waals surface area contributed by atoms with Crippen LogP contribution >= 0.6 is 34.8 Å². The van der Waals surface area contributed by atoms with Gasteiger partial charge < -0.3 is 10.2 Å². The molecule has 7 nitrogen and oxygen atoms in total. The highest BCUT2D eigenvalue weighted by Gasteiger charge is 2.32. The van der Waals surface area contributed by atoms with Crippen molar-refractivity contribution in [1.29, 1.82) is 0 Å². The third-order valence-corrected chi connectivity index (χ3v) is 8.84. The standard InChI is InChI=1S/C28H30Cl3N3O4S/c1-4-15-32-28(36)20(3)33(17-21-7-14-25(30)26(31)16-21)27(35)18-34(23-10-8-22(29)9-11-23)39(37,38)24-12-5-19(2)6-13-24/h5-14,16,20H,4,15,17-18H2,1-3H3,(H,32,36)/t20-/m1/s1. The lowest BCUT2D eigenvalue weighted by Crippen LogP contribution is -2.51. The van der Waals surface area contributed by atoms with Gasteiger partial charge >= 0.3 is 0 Å². The molecule has 0 aromatic heterocycles. The van der Waals surface area contributed by atoms with Gasteiger partial charge in [0, 0.05) is 18.1 Å². The van der Waals surface area contributed by atoms with E-state index in [0.29, 0.717) is 27.2 Å². The molecule has 0 bridgehead atoms. The molecule has 3 rings (SSSR count). The lowest BCUT2D eigenvalue weighted by atomic mass is 10.1. The number of benzene rings is 3. The zero-order chi connectivity index (χ0) is 28.7. The average molecular weight is 611 g/mol. The molecule has 3 aromatic carbocycles. The molecule has 11 heteroatoms. The van der Waals surface area contributed by atoms with Crippen molar-refractivity contribution < 1.29 is 18.0 Å². The average Bonchev–Trinajstić information content (AvgIpc) is 2.91. The van der Waals surface area contributed by atoms with Crippen LogP contribution in [0.2, 0.25) is 15.1 Å². The predicted octanol–water partition coefficient (Wildman–Crippen LogP) is 6.09. The van der Waals surface area contributed by atoms with Crippen LogP contribution < -0.4 is 9.62 Å². The molecule has 2 amide bonds. The monoisotopic (exact) mass is 609 g/mol. The molecule has 0 radical (unpaired) electrons. The number of carbonyl (C=O) groups excluding carboxylic acids is 2. The Kier molecular flexibility index (Phi) is 10.7. The van der Waals surface area contributed by atoms with Gasteiger partial charge in [0.25, 0.3) is 10.0 Å². The minimum absolute atomic E-state index is 0.00940.